The van der Waals surface area contributed by atoms with E-state index < -0.39 is 0 Å². The Bertz CT molecular complexity index is 360. The summed E-state index contributed by atoms with van der Waals surface area (Å²) in [4.78, 5) is 10.5. The topological polar surface area (TPSA) is 79.6 Å². The average Bonchev–Trinajstić information content (AvgIpc) is 2.53. The molecule has 0 fully saturated rings. The summed E-state index contributed by atoms with van der Waals surface area (Å²) in [5, 5.41) is 3.20. The first-order valence-electron chi connectivity index (χ1n) is 7.99. The molecule has 0 rings (SSSR count). The van der Waals surface area contributed by atoms with Crippen LogP contribution in [0, 0.1) is 0 Å². The Morgan fingerprint density at radius 2 is 2.00 bits per heavy atom. The van der Waals surface area contributed by atoms with Crippen LogP contribution in [0.2, 0.25) is 0 Å². The Kier molecular flexibility index (Phi) is 25.0. The van der Waals surface area contributed by atoms with Crippen molar-refractivity contribution >= 4 is 0 Å². The molecule has 0 heterocycles. The van der Waals surface area contributed by atoms with Crippen molar-refractivity contribution in [2.75, 3.05) is 19.7 Å². The van der Waals surface area contributed by atoms with Crippen LogP contribution in [-0.2, 0) is 42.4 Å². The van der Waals surface area contributed by atoms with Gasteiger partial charge in [-0.3, -0.25) is 0 Å². The van der Waals surface area contributed by atoms with Gasteiger partial charge in [0.1, 0.15) is 0 Å². The van der Waals surface area contributed by atoms with Gasteiger partial charge in [0.2, 0.25) is 0 Å². The van der Waals surface area contributed by atoms with Crippen molar-refractivity contribution in [3.63, 3.8) is 0 Å². The summed E-state index contributed by atoms with van der Waals surface area (Å²) in [5.74, 6) is 0. The number of nitrogens with one attached hydrogen (secondary N) is 1. The standard InChI is InChI=1S/C18H31N2O2.H3N.Y/c1-6-9-11-16(4)15-19-13-14-21-20-22-18(8-3)17(5)12-10-7-2;;/h6,9,11,18-19H,1,4-5,7-8,10,12-15H2,2-3H3;1H3;/q-1;;/b11-9-;;. The van der Waals surface area contributed by atoms with E-state index in [1.165, 1.54) is 0 Å². The normalized spacial score (nSPS) is 11.4. The third-order valence-electron chi connectivity index (χ3n) is 3.09. The molecule has 0 amide bonds. The van der Waals surface area contributed by atoms with E-state index in [9.17, 15) is 0 Å². The van der Waals surface area contributed by atoms with Crippen LogP contribution in [-0.4, -0.2) is 25.8 Å². The molecule has 0 aliphatic rings. The smallest absolute Gasteiger partial charge is 0.0591 e. The maximum Gasteiger partial charge on any atom is 0.0591 e. The zero-order valence-electron chi connectivity index (χ0n) is 15.4. The predicted molar refractivity (Wildman–Crippen MR) is 99.5 cm³/mol. The molecule has 1 unspecified atom stereocenters. The molecule has 1 atom stereocenters. The van der Waals surface area contributed by atoms with Crippen molar-refractivity contribution in [3.05, 3.63) is 54.8 Å². The van der Waals surface area contributed by atoms with Gasteiger partial charge in [-0.15, -0.1) is 0 Å². The van der Waals surface area contributed by atoms with E-state index in [0.29, 0.717) is 19.7 Å². The van der Waals surface area contributed by atoms with Crippen molar-refractivity contribution in [2.45, 2.75) is 45.6 Å². The first kappa shape index (κ1) is 28.7. The number of hydrogen-bond acceptors (Lipinski definition) is 4. The summed E-state index contributed by atoms with van der Waals surface area (Å²) in [7, 11) is 0. The second-order valence-corrected chi connectivity index (χ2v) is 5.10. The number of unbranched alkanes of at least 4 members (excludes halogenated alkanes) is 1. The van der Waals surface area contributed by atoms with Crippen LogP contribution >= 0.6 is 0 Å². The molecule has 137 valence electrons. The van der Waals surface area contributed by atoms with Gasteiger partial charge in [-0.2, -0.15) is 0 Å². The van der Waals surface area contributed by atoms with Gasteiger partial charge in [0, 0.05) is 52.4 Å². The summed E-state index contributed by atoms with van der Waals surface area (Å²) in [6.07, 6.45) is 9.57. The van der Waals surface area contributed by atoms with Crippen LogP contribution in [0.25, 0.3) is 5.64 Å². The molecule has 0 aromatic carbocycles. The van der Waals surface area contributed by atoms with Crippen LogP contribution in [0.1, 0.15) is 39.5 Å². The molecular weight excluding hydrogens is 379 g/mol. The molecule has 0 aliphatic heterocycles. The fourth-order valence-corrected chi connectivity index (χ4v) is 1.75. The number of nitrogens with zero attached hydrogens (tertiary/aromatic N) is 1. The average molecular weight is 413 g/mol. The molecule has 1 radical (unpaired) electrons. The number of allylic oxidation sites excluding steroid dienone is 2. The van der Waals surface area contributed by atoms with Gasteiger partial charge in [0.25, 0.3) is 0 Å². The zero-order valence-corrected chi connectivity index (χ0v) is 18.3. The minimum Gasteiger partial charge on any atom is -0.460 e. The Morgan fingerprint density at radius 3 is 2.58 bits per heavy atom. The third kappa shape index (κ3) is 16.7. The molecule has 24 heavy (non-hydrogen) atoms. The van der Waals surface area contributed by atoms with Crippen LogP contribution < -0.4 is 11.5 Å². The molecular formula is C18H34N3O2Y-. The van der Waals surface area contributed by atoms with E-state index in [4.69, 9.17) is 9.68 Å². The monoisotopic (exact) mass is 413 g/mol. The SMILES string of the molecule is C=C/C=C\C(=C)CNCCO[N-]OC(CC)C(=C)CCCC.N.[Y]. The molecule has 0 bridgehead atoms. The Morgan fingerprint density at radius 1 is 1.29 bits per heavy atom. The summed E-state index contributed by atoms with van der Waals surface area (Å²) < 4.78 is 0. The van der Waals surface area contributed by atoms with Gasteiger partial charge in [-0.05, 0) is 24.8 Å². The Hall–Kier alpha value is -0.136. The van der Waals surface area contributed by atoms with Gasteiger partial charge < -0.3 is 26.8 Å². The predicted octanol–water partition coefficient (Wildman–Crippen LogP) is 4.80. The van der Waals surface area contributed by atoms with Gasteiger partial charge >= 0.3 is 0 Å². The van der Waals surface area contributed by atoms with Crippen LogP contribution in [0.3, 0.4) is 0 Å². The fourth-order valence-electron chi connectivity index (χ4n) is 1.75. The molecule has 4 N–H and O–H groups in total. The quantitative estimate of drug-likeness (QED) is 0.175. The number of rotatable bonds is 15. The minimum atomic E-state index is -0.0525. The van der Waals surface area contributed by atoms with Crippen molar-refractivity contribution < 1.29 is 42.4 Å². The molecule has 0 saturated heterocycles. The summed E-state index contributed by atoms with van der Waals surface area (Å²) in [6, 6.07) is 0. The summed E-state index contributed by atoms with van der Waals surface area (Å²) in [5.41, 5.74) is 5.76. The van der Waals surface area contributed by atoms with E-state index in [0.717, 1.165) is 36.8 Å². The molecule has 0 aromatic heterocycles. The Balaban J connectivity index is -0.00000220. The summed E-state index contributed by atoms with van der Waals surface area (Å²) >= 11 is 0. The van der Waals surface area contributed by atoms with Crippen molar-refractivity contribution in [3.8, 4) is 0 Å². The maximum absolute atomic E-state index is 5.37. The molecule has 5 nitrogen and oxygen atoms in total. The molecule has 0 spiro atoms. The maximum atomic E-state index is 5.37. The van der Waals surface area contributed by atoms with E-state index >= 15 is 0 Å². The fraction of sp³-hybridized carbons (Fsp3) is 0.556. The summed E-state index contributed by atoms with van der Waals surface area (Å²) in [6.45, 7) is 17.6. The van der Waals surface area contributed by atoms with E-state index in [2.05, 4.69) is 44.5 Å². The van der Waals surface area contributed by atoms with Crippen molar-refractivity contribution in [1.82, 2.24) is 11.5 Å². The molecule has 0 aromatic rings. The van der Waals surface area contributed by atoms with Crippen LogP contribution in [0.4, 0.5) is 0 Å². The van der Waals surface area contributed by atoms with E-state index in [1.54, 1.807) is 6.08 Å². The van der Waals surface area contributed by atoms with Gasteiger partial charge in [-0.25, -0.2) is 0 Å². The second-order valence-electron chi connectivity index (χ2n) is 5.10. The number of hydrogen-bond donors (Lipinski definition) is 2. The van der Waals surface area contributed by atoms with Crippen LogP contribution in [0.15, 0.2) is 49.1 Å². The first-order valence-corrected chi connectivity index (χ1v) is 7.99. The first-order chi connectivity index (χ1) is 10.7. The van der Waals surface area contributed by atoms with E-state index in [1.807, 2.05) is 12.2 Å². The third-order valence-corrected chi connectivity index (χ3v) is 3.09. The van der Waals surface area contributed by atoms with Gasteiger partial charge in [-0.1, -0.05) is 63.8 Å². The molecule has 6 heteroatoms. The van der Waals surface area contributed by atoms with Crippen molar-refractivity contribution in [1.29, 1.82) is 0 Å². The van der Waals surface area contributed by atoms with Gasteiger partial charge in [0.05, 0.1) is 6.10 Å². The van der Waals surface area contributed by atoms with E-state index in [-0.39, 0.29) is 45.0 Å². The van der Waals surface area contributed by atoms with Gasteiger partial charge in [0.15, 0.2) is 0 Å². The molecule has 0 aliphatic carbocycles. The minimum absolute atomic E-state index is 0. The Labute approximate surface area is 173 Å². The zero-order chi connectivity index (χ0) is 16.6. The largest absolute Gasteiger partial charge is 0.460 e. The molecule has 0 saturated carbocycles. The second kappa shape index (κ2) is 20.9. The van der Waals surface area contributed by atoms with Crippen LogP contribution in [0.5, 0.6) is 0 Å². The van der Waals surface area contributed by atoms with Crippen molar-refractivity contribution in [2.24, 2.45) is 0 Å².